The van der Waals surface area contributed by atoms with Crippen LogP contribution in [0.25, 0.3) is 11.3 Å². The number of carbonyl (C=O) groups is 2. The van der Waals surface area contributed by atoms with E-state index in [-0.39, 0.29) is 40.7 Å². The second-order valence-electron chi connectivity index (χ2n) is 6.99. The fourth-order valence-electron chi connectivity index (χ4n) is 2.78. The minimum absolute atomic E-state index is 0.0231. The van der Waals surface area contributed by atoms with Crippen molar-refractivity contribution in [2.24, 2.45) is 0 Å². The number of halogens is 3. The lowest BCUT2D eigenvalue weighted by atomic mass is 10.1. The number of phenolic OH excluding ortho intramolecular Hbond substituents is 1. The molecule has 0 unspecified atom stereocenters. The summed E-state index contributed by atoms with van der Waals surface area (Å²) in [6.45, 7) is 0.749. The molecule has 1 amide bonds. The van der Waals surface area contributed by atoms with Crippen molar-refractivity contribution in [1.82, 2.24) is 15.8 Å². The Hall–Kier alpha value is -4.66. The topological polar surface area (TPSA) is 166 Å². The Morgan fingerprint density at radius 3 is 2.44 bits per heavy atom. The fraction of sp³-hybridized carbons (Fsp3) is 0.190. The largest absolute Gasteiger partial charge is 0.507 e. The predicted octanol–water partition coefficient (Wildman–Crippen LogP) is 3.16. The summed E-state index contributed by atoms with van der Waals surface area (Å²) in [7, 11) is 1.69. The number of rotatable bonds is 9. The van der Waals surface area contributed by atoms with Crippen molar-refractivity contribution in [2.45, 2.75) is 6.18 Å². The van der Waals surface area contributed by atoms with E-state index in [0.29, 0.717) is 12.6 Å². The quantitative estimate of drug-likeness (QED) is 0.128. The molecule has 2 aromatic carbocycles. The summed E-state index contributed by atoms with van der Waals surface area (Å²) in [5.74, 6) is -5.21. The molecule has 190 valence electrons. The molecule has 0 atom stereocenters. The van der Waals surface area contributed by atoms with Crippen molar-refractivity contribution in [1.29, 1.82) is 0 Å². The minimum atomic E-state index is -5.31. The number of benzene rings is 2. The van der Waals surface area contributed by atoms with Crippen molar-refractivity contribution in [3.8, 4) is 34.3 Å². The smallest absolute Gasteiger partial charge is 0.491 e. The first-order valence-electron chi connectivity index (χ1n) is 9.97. The maximum atomic E-state index is 12.6. The molecule has 0 aliphatic heterocycles. The Labute approximate surface area is 199 Å². The summed E-state index contributed by atoms with van der Waals surface area (Å²) in [4.78, 5) is 33.7. The summed E-state index contributed by atoms with van der Waals surface area (Å²) >= 11 is 0. The lowest BCUT2D eigenvalue weighted by Gasteiger charge is -2.14. The van der Waals surface area contributed by atoms with Gasteiger partial charge in [-0.1, -0.05) is 5.16 Å². The predicted molar refractivity (Wildman–Crippen MR) is 115 cm³/mol. The van der Waals surface area contributed by atoms with Gasteiger partial charge in [-0.15, -0.1) is 0 Å². The number of ether oxygens (including phenoxy) is 2. The van der Waals surface area contributed by atoms with Crippen LogP contribution < -0.4 is 20.1 Å². The van der Waals surface area contributed by atoms with Crippen LogP contribution in [0, 0.1) is 10.1 Å². The van der Waals surface area contributed by atoms with Crippen molar-refractivity contribution >= 4 is 17.6 Å². The third kappa shape index (κ3) is 6.26. The normalized spacial score (nSPS) is 11.1. The number of nitro groups is 1. The molecule has 0 spiro atoms. The number of non-ortho nitro benzene ring substituents is 1. The number of carbonyl (C=O) groups excluding carboxylic acids is 2. The standard InChI is InChI=1S/C21H17F3N4O8/c1-25-6-7-26-19(30)14-10-17(36-27-14)18-15(29)8-13(35-20(31)21(22,23)24)9-16(18)34-12-4-2-11(3-5-12)28(32)33/h2-5,8-10,25,29H,6-7H2,1H3,(H,26,30). The van der Waals surface area contributed by atoms with E-state index in [2.05, 4.69) is 20.5 Å². The van der Waals surface area contributed by atoms with E-state index < -0.39 is 34.5 Å². The van der Waals surface area contributed by atoms with E-state index in [4.69, 9.17) is 9.26 Å². The minimum Gasteiger partial charge on any atom is -0.507 e. The molecular weight excluding hydrogens is 493 g/mol. The van der Waals surface area contributed by atoms with E-state index in [1.54, 1.807) is 7.05 Å². The molecule has 1 heterocycles. The number of alkyl halides is 3. The Bertz CT molecular complexity index is 1280. The molecule has 3 N–H and O–H groups in total. The zero-order chi connectivity index (χ0) is 26.5. The first-order chi connectivity index (χ1) is 17.0. The molecule has 0 bridgehead atoms. The molecule has 15 heteroatoms. The fourth-order valence-corrected chi connectivity index (χ4v) is 2.78. The van der Waals surface area contributed by atoms with Gasteiger partial charge < -0.3 is 29.7 Å². The molecule has 3 rings (SSSR count). The van der Waals surface area contributed by atoms with Crippen LogP contribution in [-0.2, 0) is 4.79 Å². The summed E-state index contributed by atoms with van der Waals surface area (Å²) in [5.41, 5.74) is -0.682. The third-order valence-corrected chi connectivity index (χ3v) is 4.42. The Kier molecular flexibility index (Phi) is 7.73. The zero-order valence-corrected chi connectivity index (χ0v) is 18.3. The van der Waals surface area contributed by atoms with E-state index in [0.717, 1.165) is 24.3 Å². The average Bonchev–Trinajstić information content (AvgIpc) is 3.28. The number of aromatic hydroxyl groups is 1. The summed E-state index contributed by atoms with van der Waals surface area (Å²) in [6, 6.07) is 7.29. The molecule has 1 aromatic heterocycles. The van der Waals surface area contributed by atoms with Crippen LogP contribution >= 0.6 is 0 Å². The van der Waals surface area contributed by atoms with E-state index >= 15 is 0 Å². The van der Waals surface area contributed by atoms with E-state index in [9.17, 15) is 38.0 Å². The zero-order valence-electron chi connectivity index (χ0n) is 18.3. The molecule has 36 heavy (non-hydrogen) atoms. The maximum absolute atomic E-state index is 12.6. The molecule has 0 aliphatic rings. The highest BCUT2D eigenvalue weighted by atomic mass is 19.4. The van der Waals surface area contributed by atoms with Crippen LogP contribution in [0.5, 0.6) is 23.0 Å². The van der Waals surface area contributed by atoms with Gasteiger partial charge in [0.15, 0.2) is 11.5 Å². The SMILES string of the molecule is CNCCNC(=O)c1cc(-c2c(O)cc(OC(=O)C(F)(F)F)cc2Oc2ccc([N+](=O)[O-])cc2)on1. The van der Waals surface area contributed by atoms with E-state index in [1.165, 1.54) is 12.1 Å². The van der Waals surface area contributed by atoms with Crippen LogP contribution in [0.2, 0.25) is 0 Å². The molecule has 0 saturated heterocycles. The van der Waals surface area contributed by atoms with Crippen molar-refractivity contribution < 1.29 is 46.8 Å². The first-order valence-corrected chi connectivity index (χ1v) is 9.97. The van der Waals surface area contributed by atoms with Gasteiger partial charge >= 0.3 is 12.1 Å². The van der Waals surface area contributed by atoms with Crippen LogP contribution in [0.4, 0.5) is 18.9 Å². The molecule has 3 aromatic rings. The van der Waals surface area contributed by atoms with Gasteiger partial charge in [-0.2, -0.15) is 13.2 Å². The van der Waals surface area contributed by atoms with Crippen molar-refractivity contribution in [2.75, 3.05) is 20.1 Å². The number of phenols is 1. The van der Waals surface area contributed by atoms with Gasteiger partial charge in [-0.3, -0.25) is 14.9 Å². The monoisotopic (exact) mass is 510 g/mol. The average molecular weight is 510 g/mol. The van der Waals surface area contributed by atoms with Crippen LogP contribution in [0.15, 0.2) is 47.0 Å². The number of aromatic nitrogens is 1. The van der Waals surface area contributed by atoms with Gasteiger partial charge in [0.25, 0.3) is 11.6 Å². The lowest BCUT2D eigenvalue weighted by molar-refractivity contribution is -0.384. The number of nitrogens with one attached hydrogen (secondary N) is 2. The van der Waals surface area contributed by atoms with Crippen molar-refractivity contribution in [3.05, 3.63) is 58.3 Å². The van der Waals surface area contributed by atoms with Crippen LogP contribution in [0.3, 0.4) is 0 Å². The Morgan fingerprint density at radius 2 is 1.83 bits per heavy atom. The number of hydrogen-bond donors (Lipinski definition) is 3. The molecule has 0 aliphatic carbocycles. The number of likely N-dealkylation sites (N-methyl/N-ethyl adjacent to an activating group) is 1. The highest BCUT2D eigenvalue weighted by Gasteiger charge is 2.41. The van der Waals surface area contributed by atoms with Gasteiger partial charge in [0.05, 0.1) is 4.92 Å². The van der Waals surface area contributed by atoms with Crippen LogP contribution in [0.1, 0.15) is 10.5 Å². The lowest BCUT2D eigenvalue weighted by Crippen LogP contribution is -2.30. The number of esters is 1. The third-order valence-electron chi connectivity index (χ3n) is 4.42. The first kappa shape index (κ1) is 26.0. The van der Waals surface area contributed by atoms with Gasteiger partial charge in [-0.25, -0.2) is 4.79 Å². The van der Waals surface area contributed by atoms with Gasteiger partial charge in [0.2, 0.25) is 0 Å². The molecule has 0 saturated carbocycles. The van der Waals surface area contributed by atoms with Gasteiger partial charge in [-0.05, 0) is 19.2 Å². The second kappa shape index (κ2) is 10.7. The number of hydrogen-bond acceptors (Lipinski definition) is 10. The molecular formula is C21H17F3N4O8. The Morgan fingerprint density at radius 1 is 1.14 bits per heavy atom. The van der Waals surface area contributed by atoms with E-state index in [1.807, 2.05) is 0 Å². The Balaban J connectivity index is 2.00. The number of nitrogens with zero attached hydrogens (tertiary/aromatic N) is 2. The summed E-state index contributed by atoms with van der Waals surface area (Å²) < 4.78 is 52.9. The van der Waals surface area contributed by atoms with Gasteiger partial charge in [0.1, 0.15) is 28.6 Å². The molecule has 0 fully saturated rings. The number of nitro benzene ring substituents is 1. The van der Waals surface area contributed by atoms with Gasteiger partial charge in [0, 0.05) is 43.4 Å². The summed E-state index contributed by atoms with van der Waals surface area (Å²) in [6.07, 6.45) is -5.31. The highest BCUT2D eigenvalue weighted by molar-refractivity contribution is 5.93. The summed E-state index contributed by atoms with van der Waals surface area (Å²) in [5, 5.41) is 30.4. The van der Waals surface area contributed by atoms with Crippen LogP contribution in [-0.4, -0.2) is 53.4 Å². The molecule has 12 nitrogen and oxygen atoms in total. The van der Waals surface area contributed by atoms with Crippen molar-refractivity contribution in [3.63, 3.8) is 0 Å². The second-order valence-corrected chi connectivity index (χ2v) is 6.99. The highest BCUT2D eigenvalue weighted by Crippen LogP contribution is 2.43. The number of amides is 1. The molecule has 0 radical (unpaired) electrons. The maximum Gasteiger partial charge on any atom is 0.491 e.